The number of hydrogen-bond acceptors (Lipinski definition) is 3. The molecule has 0 bridgehead atoms. The maximum absolute atomic E-state index is 11.6. The molecule has 1 unspecified atom stereocenters. The Hall–Kier alpha value is -3.07. The molecule has 0 spiro atoms. The summed E-state index contributed by atoms with van der Waals surface area (Å²) in [7, 11) is 0. The first-order valence-corrected chi connectivity index (χ1v) is 10.4. The van der Waals surface area contributed by atoms with Crippen molar-refractivity contribution in [2.24, 2.45) is 0 Å². The molecule has 3 heteroatoms. The van der Waals surface area contributed by atoms with Crippen LogP contribution in [0.4, 0.5) is 0 Å². The van der Waals surface area contributed by atoms with Gasteiger partial charge in [0.1, 0.15) is 17.1 Å². The second-order valence-electron chi connectivity index (χ2n) is 8.58. The summed E-state index contributed by atoms with van der Waals surface area (Å²) in [5.74, 6) is 1.18. The highest BCUT2D eigenvalue weighted by Crippen LogP contribution is 2.40. The lowest BCUT2D eigenvalue weighted by atomic mass is 9.71. The Morgan fingerprint density at radius 1 is 0.700 bits per heavy atom. The van der Waals surface area contributed by atoms with Crippen LogP contribution in [-0.2, 0) is 10.2 Å². The fourth-order valence-electron chi connectivity index (χ4n) is 3.54. The molecule has 156 valence electrons. The minimum atomic E-state index is -0.366. The van der Waals surface area contributed by atoms with E-state index >= 15 is 0 Å². The lowest BCUT2D eigenvalue weighted by molar-refractivity contribution is -0.134. The molecule has 30 heavy (non-hydrogen) atoms. The summed E-state index contributed by atoms with van der Waals surface area (Å²) in [6.07, 6.45) is 0.354. The van der Waals surface area contributed by atoms with Crippen molar-refractivity contribution in [3.05, 3.63) is 95.6 Å². The van der Waals surface area contributed by atoms with Crippen LogP contribution in [0.15, 0.2) is 78.9 Å². The number of carbonyl (C=O) groups is 1. The molecule has 3 nitrogen and oxygen atoms in total. The largest absolute Gasteiger partial charge is 0.488 e. The summed E-state index contributed by atoms with van der Waals surface area (Å²) in [6.45, 7) is 10.1. The van der Waals surface area contributed by atoms with Gasteiger partial charge in [-0.05, 0) is 68.7 Å². The highest BCUT2D eigenvalue weighted by Gasteiger charge is 2.31. The van der Waals surface area contributed by atoms with Crippen LogP contribution in [0.3, 0.4) is 0 Å². The average molecular weight is 403 g/mol. The van der Waals surface area contributed by atoms with Crippen molar-refractivity contribution in [3.8, 4) is 11.5 Å². The second kappa shape index (κ2) is 8.74. The zero-order valence-electron chi connectivity index (χ0n) is 18.4. The molecule has 0 fully saturated rings. The number of benzene rings is 3. The molecule has 3 aromatic rings. The molecule has 3 aromatic carbocycles. The normalized spacial score (nSPS) is 13.4. The number of rotatable bonds is 6. The fraction of sp³-hybridized carbons (Fsp3) is 0.296. The van der Waals surface area contributed by atoms with Crippen molar-refractivity contribution in [1.82, 2.24) is 0 Å². The molecule has 0 aromatic heterocycles. The van der Waals surface area contributed by atoms with Gasteiger partial charge < -0.3 is 9.47 Å². The molecular formula is C27H30O3. The Balaban J connectivity index is 2.01. The zero-order chi connectivity index (χ0) is 21.8. The number of esters is 1. The Kier molecular flexibility index (Phi) is 6.31. The summed E-state index contributed by atoms with van der Waals surface area (Å²) in [5.41, 5.74) is 2.86. The van der Waals surface area contributed by atoms with Crippen molar-refractivity contribution in [2.45, 2.75) is 52.1 Å². The monoisotopic (exact) mass is 402 g/mol. The van der Waals surface area contributed by atoms with Gasteiger partial charge in [0.05, 0.1) is 0 Å². The van der Waals surface area contributed by atoms with E-state index in [0.717, 1.165) is 16.9 Å². The Labute approximate surface area is 179 Å². The minimum Gasteiger partial charge on any atom is -0.488 e. The van der Waals surface area contributed by atoms with E-state index in [1.165, 1.54) is 5.56 Å². The quantitative estimate of drug-likeness (QED) is 0.267. The zero-order valence-corrected chi connectivity index (χ0v) is 18.4. The van der Waals surface area contributed by atoms with Gasteiger partial charge in [-0.15, -0.1) is 0 Å². The molecular weight excluding hydrogens is 372 g/mol. The lowest BCUT2D eigenvalue weighted by Gasteiger charge is -2.32. The Bertz CT molecular complexity index is 967. The summed E-state index contributed by atoms with van der Waals surface area (Å²) >= 11 is 0. The molecule has 0 amide bonds. The van der Waals surface area contributed by atoms with E-state index in [0.29, 0.717) is 12.2 Å². The van der Waals surface area contributed by atoms with E-state index in [2.05, 4.69) is 43.3 Å². The van der Waals surface area contributed by atoms with Crippen LogP contribution in [0, 0.1) is 0 Å². The van der Waals surface area contributed by atoms with Crippen LogP contribution in [0.25, 0.3) is 0 Å². The van der Waals surface area contributed by atoms with Crippen molar-refractivity contribution >= 4 is 5.97 Å². The van der Waals surface area contributed by atoms with E-state index in [1.807, 2.05) is 63.2 Å². The first-order chi connectivity index (χ1) is 14.2. The predicted molar refractivity (Wildman–Crippen MR) is 121 cm³/mol. The van der Waals surface area contributed by atoms with E-state index in [4.69, 9.17) is 9.47 Å². The maximum Gasteiger partial charge on any atom is 0.310 e. The molecule has 0 N–H and O–H groups in total. The third-order valence-corrected chi connectivity index (χ3v) is 5.16. The average Bonchev–Trinajstić information content (AvgIpc) is 2.73. The van der Waals surface area contributed by atoms with Gasteiger partial charge in [0.2, 0.25) is 0 Å². The van der Waals surface area contributed by atoms with Gasteiger partial charge in [-0.25, -0.2) is 0 Å². The molecule has 0 aliphatic heterocycles. The van der Waals surface area contributed by atoms with Crippen molar-refractivity contribution in [1.29, 1.82) is 0 Å². The maximum atomic E-state index is 11.6. The summed E-state index contributed by atoms with van der Waals surface area (Å²) in [5, 5.41) is 0. The van der Waals surface area contributed by atoms with E-state index in [-0.39, 0.29) is 17.0 Å². The summed E-state index contributed by atoms with van der Waals surface area (Å²) in [4.78, 5) is 11.6. The fourth-order valence-corrected chi connectivity index (χ4v) is 3.54. The van der Waals surface area contributed by atoms with Crippen LogP contribution in [0.2, 0.25) is 0 Å². The molecule has 3 rings (SSSR count). The SMILES string of the molecule is CCC(=O)Oc1ccc(C(C)(c2ccccc2)c2ccc(OC(C)(C)C)cc2)cc1. The van der Waals surface area contributed by atoms with Crippen molar-refractivity contribution in [2.75, 3.05) is 0 Å². The Morgan fingerprint density at radius 3 is 1.63 bits per heavy atom. The van der Waals surface area contributed by atoms with Crippen LogP contribution in [0.5, 0.6) is 11.5 Å². The lowest BCUT2D eigenvalue weighted by Crippen LogP contribution is -2.26. The third kappa shape index (κ3) is 4.91. The van der Waals surface area contributed by atoms with Crippen LogP contribution in [-0.4, -0.2) is 11.6 Å². The van der Waals surface area contributed by atoms with Crippen molar-refractivity contribution < 1.29 is 14.3 Å². The third-order valence-electron chi connectivity index (χ3n) is 5.16. The van der Waals surface area contributed by atoms with Crippen molar-refractivity contribution in [3.63, 3.8) is 0 Å². The van der Waals surface area contributed by atoms with Crippen LogP contribution in [0.1, 0.15) is 57.7 Å². The van der Waals surface area contributed by atoms with E-state index < -0.39 is 0 Å². The van der Waals surface area contributed by atoms with E-state index in [9.17, 15) is 4.79 Å². The molecule has 0 radical (unpaired) electrons. The topological polar surface area (TPSA) is 35.5 Å². The molecule has 0 aliphatic carbocycles. The second-order valence-corrected chi connectivity index (χ2v) is 8.58. The Morgan fingerprint density at radius 2 is 1.17 bits per heavy atom. The molecule has 0 aliphatic rings. The predicted octanol–water partition coefficient (Wildman–Crippen LogP) is 6.53. The van der Waals surface area contributed by atoms with Gasteiger partial charge in [-0.3, -0.25) is 4.79 Å². The highest BCUT2D eigenvalue weighted by molar-refractivity contribution is 5.72. The molecule has 0 heterocycles. The van der Waals surface area contributed by atoms with Gasteiger partial charge in [-0.1, -0.05) is 61.5 Å². The van der Waals surface area contributed by atoms with E-state index in [1.54, 1.807) is 6.92 Å². The van der Waals surface area contributed by atoms with Gasteiger partial charge in [-0.2, -0.15) is 0 Å². The highest BCUT2D eigenvalue weighted by atomic mass is 16.5. The smallest absolute Gasteiger partial charge is 0.310 e. The first-order valence-electron chi connectivity index (χ1n) is 10.4. The number of hydrogen-bond donors (Lipinski definition) is 0. The summed E-state index contributed by atoms with van der Waals surface area (Å²) < 4.78 is 11.3. The number of ether oxygens (including phenoxy) is 2. The van der Waals surface area contributed by atoms with Gasteiger partial charge in [0, 0.05) is 11.8 Å². The van der Waals surface area contributed by atoms with Crippen LogP contribution < -0.4 is 9.47 Å². The molecule has 0 saturated heterocycles. The standard InChI is InChI=1S/C27H30O3/c1-6-25(28)29-23-16-12-21(13-17-23)27(5,20-10-8-7-9-11-20)22-14-18-24(19-15-22)30-26(2,3)4/h7-19H,6H2,1-5H3. The summed E-state index contributed by atoms with van der Waals surface area (Å²) in [6, 6.07) is 26.5. The van der Waals surface area contributed by atoms with Gasteiger partial charge in [0.25, 0.3) is 0 Å². The van der Waals surface area contributed by atoms with Gasteiger partial charge in [0.15, 0.2) is 0 Å². The molecule has 0 saturated carbocycles. The number of carbonyl (C=O) groups excluding carboxylic acids is 1. The first kappa shape index (κ1) is 21.6. The van der Waals surface area contributed by atoms with Gasteiger partial charge >= 0.3 is 5.97 Å². The molecule has 1 atom stereocenters. The minimum absolute atomic E-state index is 0.233. The van der Waals surface area contributed by atoms with Crippen LogP contribution >= 0.6 is 0 Å².